The van der Waals surface area contributed by atoms with Gasteiger partial charge in [-0.3, -0.25) is 14.6 Å². The van der Waals surface area contributed by atoms with Gasteiger partial charge in [0.2, 0.25) is 11.8 Å². The molecular formula is C17H25N3O2S. The van der Waals surface area contributed by atoms with E-state index in [1.807, 2.05) is 0 Å². The van der Waals surface area contributed by atoms with E-state index in [0.717, 1.165) is 30.1 Å². The van der Waals surface area contributed by atoms with Crippen LogP contribution in [-0.4, -0.2) is 35.8 Å². The van der Waals surface area contributed by atoms with Crippen molar-refractivity contribution in [2.75, 3.05) is 18.8 Å². The van der Waals surface area contributed by atoms with Gasteiger partial charge in [0.1, 0.15) is 0 Å². The number of amidine groups is 1. The van der Waals surface area contributed by atoms with E-state index in [9.17, 15) is 9.59 Å². The minimum atomic E-state index is -0.169. The van der Waals surface area contributed by atoms with Gasteiger partial charge in [0.15, 0.2) is 5.17 Å². The zero-order chi connectivity index (χ0) is 15.9. The highest BCUT2D eigenvalue weighted by Crippen LogP contribution is 2.61. The van der Waals surface area contributed by atoms with Crippen LogP contribution in [0.5, 0.6) is 0 Å². The number of nitrogens with one attached hydrogen (secondary N) is 2. The van der Waals surface area contributed by atoms with Gasteiger partial charge in [-0.2, -0.15) is 0 Å². The maximum absolute atomic E-state index is 12.3. The summed E-state index contributed by atoms with van der Waals surface area (Å²) in [6.45, 7) is 0.823. The fourth-order valence-corrected chi connectivity index (χ4v) is 6.41. The highest BCUT2D eigenvalue weighted by atomic mass is 32.2. The predicted octanol–water partition coefficient (Wildman–Crippen LogP) is 1.93. The molecule has 23 heavy (non-hydrogen) atoms. The molecule has 0 saturated heterocycles. The minimum Gasteiger partial charge on any atom is -0.347 e. The molecule has 0 spiro atoms. The third-order valence-electron chi connectivity index (χ3n) is 5.98. The molecule has 5 nitrogen and oxygen atoms in total. The van der Waals surface area contributed by atoms with Crippen molar-refractivity contribution in [3.05, 3.63) is 0 Å². The van der Waals surface area contributed by atoms with Gasteiger partial charge in [-0.05, 0) is 61.7 Å². The molecule has 4 saturated carbocycles. The van der Waals surface area contributed by atoms with Crippen molar-refractivity contribution in [2.45, 2.75) is 44.9 Å². The second-order valence-electron chi connectivity index (χ2n) is 7.95. The fraction of sp³-hybridized carbons (Fsp3) is 0.824. The van der Waals surface area contributed by atoms with E-state index in [4.69, 9.17) is 0 Å². The zero-order valence-electron chi connectivity index (χ0n) is 13.5. The third-order valence-corrected chi connectivity index (χ3v) is 6.87. The number of amides is 2. The van der Waals surface area contributed by atoms with Crippen molar-refractivity contribution in [3.8, 4) is 0 Å². The molecule has 5 rings (SSSR count). The van der Waals surface area contributed by atoms with Crippen LogP contribution in [0.15, 0.2) is 4.99 Å². The molecule has 1 aliphatic heterocycles. The summed E-state index contributed by atoms with van der Waals surface area (Å²) in [7, 11) is 0. The largest absolute Gasteiger partial charge is 0.347 e. The maximum atomic E-state index is 12.3. The molecular weight excluding hydrogens is 310 g/mol. The van der Waals surface area contributed by atoms with Gasteiger partial charge >= 0.3 is 0 Å². The van der Waals surface area contributed by atoms with Crippen molar-refractivity contribution in [2.24, 2.45) is 28.2 Å². The van der Waals surface area contributed by atoms with Crippen molar-refractivity contribution >= 4 is 28.7 Å². The molecule has 0 radical (unpaired) electrons. The Kier molecular flexibility index (Phi) is 4.12. The Morgan fingerprint density at radius 2 is 1.74 bits per heavy atom. The average molecular weight is 335 g/mol. The first kappa shape index (κ1) is 15.5. The summed E-state index contributed by atoms with van der Waals surface area (Å²) in [5.74, 6) is 3.37. The van der Waals surface area contributed by atoms with Crippen LogP contribution in [0.3, 0.4) is 0 Å². The molecule has 4 fully saturated rings. The molecule has 1 heterocycles. The van der Waals surface area contributed by atoms with Crippen LogP contribution in [0.1, 0.15) is 44.9 Å². The number of rotatable bonds is 4. The Labute approximate surface area is 141 Å². The van der Waals surface area contributed by atoms with E-state index in [2.05, 4.69) is 15.6 Å². The summed E-state index contributed by atoms with van der Waals surface area (Å²) < 4.78 is 0. The van der Waals surface area contributed by atoms with Crippen LogP contribution in [0.25, 0.3) is 0 Å². The van der Waals surface area contributed by atoms with Crippen molar-refractivity contribution < 1.29 is 9.59 Å². The average Bonchev–Trinajstić information content (AvgIpc) is 2.96. The van der Waals surface area contributed by atoms with Crippen LogP contribution in [0, 0.1) is 23.2 Å². The number of nitrogens with zero attached hydrogens (tertiary/aromatic N) is 1. The monoisotopic (exact) mass is 335 g/mol. The number of hydrogen-bond donors (Lipinski definition) is 2. The summed E-state index contributed by atoms with van der Waals surface area (Å²) in [6.07, 6.45) is 8.47. The van der Waals surface area contributed by atoms with Crippen molar-refractivity contribution in [3.63, 3.8) is 0 Å². The summed E-state index contributed by atoms with van der Waals surface area (Å²) >= 11 is 1.55. The van der Waals surface area contributed by atoms with E-state index in [0.29, 0.717) is 11.6 Å². The highest BCUT2D eigenvalue weighted by Gasteiger charge is 2.51. The smallest absolute Gasteiger partial charge is 0.245 e. The second-order valence-corrected chi connectivity index (χ2v) is 9.04. The Hall–Kier alpha value is -1.04. The molecule has 0 aromatic carbocycles. The molecule has 126 valence electrons. The van der Waals surface area contributed by atoms with Gasteiger partial charge in [-0.15, -0.1) is 0 Å². The molecule has 0 aromatic rings. The van der Waals surface area contributed by atoms with Gasteiger partial charge < -0.3 is 10.6 Å². The van der Waals surface area contributed by atoms with Crippen LogP contribution in [0.2, 0.25) is 0 Å². The first-order valence-electron chi connectivity index (χ1n) is 8.84. The normalized spacial score (nSPS) is 37.6. The van der Waals surface area contributed by atoms with Gasteiger partial charge in [-0.25, -0.2) is 0 Å². The lowest BCUT2D eigenvalue weighted by Crippen LogP contribution is -2.48. The minimum absolute atomic E-state index is 0.0445. The van der Waals surface area contributed by atoms with Gasteiger partial charge in [0.05, 0.1) is 13.1 Å². The number of aliphatic imine (C=N–C) groups is 1. The number of carbonyl (C=O) groups excluding carboxylic acids is 2. The van der Waals surface area contributed by atoms with Gasteiger partial charge in [0.25, 0.3) is 0 Å². The van der Waals surface area contributed by atoms with Crippen LogP contribution < -0.4 is 10.6 Å². The zero-order valence-corrected chi connectivity index (χ0v) is 14.3. The standard InChI is InChI=1S/C17H25N3O2S/c21-14(19-10-15(22)20-16-18-1-2-23-16)9-17-6-11-3-12(7-17)5-13(4-11)8-17/h11-13H,1-10H2,(H,19,21)(H,18,20,22). The Balaban J connectivity index is 1.26. The molecule has 6 heteroatoms. The summed E-state index contributed by atoms with van der Waals surface area (Å²) in [5.41, 5.74) is 0.237. The number of thioether (sulfide) groups is 1. The number of carbonyl (C=O) groups is 2. The second kappa shape index (κ2) is 6.11. The summed E-state index contributed by atoms with van der Waals surface area (Å²) in [5, 5.41) is 6.25. The van der Waals surface area contributed by atoms with E-state index >= 15 is 0 Å². The maximum Gasteiger partial charge on any atom is 0.245 e. The third kappa shape index (κ3) is 3.42. The molecule has 5 aliphatic rings. The summed E-state index contributed by atoms with van der Waals surface area (Å²) in [6, 6.07) is 0. The molecule has 0 aromatic heterocycles. The summed E-state index contributed by atoms with van der Waals surface area (Å²) in [4.78, 5) is 28.4. The van der Waals surface area contributed by atoms with E-state index in [1.165, 1.54) is 38.5 Å². The molecule has 4 bridgehead atoms. The molecule has 4 aliphatic carbocycles. The first-order chi connectivity index (χ1) is 11.1. The van der Waals surface area contributed by atoms with E-state index < -0.39 is 0 Å². The van der Waals surface area contributed by atoms with Gasteiger partial charge in [-0.1, -0.05) is 11.8 Å². The lowest BCUT2D eigenvalue weighted by atomic mass is 9.49. The lowest BCUT2D eigenvalue weighted by molar-refractivity contribution is -0.131. The topological polar surface area (TPSA) is 70.6 Å². The van der Waals surface area contributed by atoms with Crippen molar-refractivity contribution in [1.29, 1.82) is 0 Å². The van der Waals surface area contributed by atoms with E-state index in [-0.39, 0.29) is 23.8 Å². The quantitative estimate of drug-likeness (QED) is 0.825. The Bertz CT molecular complexity index is 511. The van der Waals surface area contributed by atoms with Crippen LogP contribution >= 0.6 is 11.8 Å². The fourth-order valence-electron chi connectivity index (χ4n) is 5.66. The molecule has 0 unspecified atom stereocenters. The lowest BCUT2D eigenvalue weighted by Gasteiger charge is -2.56. The number of hydrogen-bond acceptors (Lipinski definition) is 4. The Morgan fingerprint density at radius 1 is 1.09 bits per heavy atom. The SMILES string of the molecule is O=C(CC12CC3CC(CC(C3)C1)C2)NCC(=O)NC1=NCCS1. The van der Waals surface area contributed by atoms with Gasteiger partial charge in [0, 0.05) is 12.2 Å². The highest BCUT2D eigenvalue weighted by molar-refractivity contribution is 8.14. The predicted molar refractivity (Wildman–Crippen MR) is 91.1 cm³/mol. The first-order valence-corrected chi connectivity index (χ1v) is 9.83. The molecule has 2 amide bonds. The van der Waals surface area contributed by atoms with Crippen LogP contribution in [-0.2, 0) is 9.59 Å². The van der Waals surface area contributed by atoms with Crippen LogP contribution in [0.4, 0.5) is 0 Å². The molecule has 0 atom stereocenters. The van der Waals surface area contributed by atoms with E-state index in [1.54, 1.807) is 11.8 Å². The Morgan fingerprint density at radius 3 is 2.30 bits per heavy atom. The molecule has 2 N–H and O–H groups in total. The van der Waals surface area contributed by atoms with Crippen molar-refractivity contribution in [1.82, 2.24) is 10.6 Å².